The fourth-order valence-electron chi connectivity index (χ4n) is 3.38. The van der Waals surface area contributed by atoms with Gasteiger partial charge in [0.15, 0.2) is 0 Å². The maximum absolute atomic E-state index is 12.7. The van der Waals surface area contributed by atoms with Crippen molar-refractivity contribution in [3.05, 3.63) is 65.7 Å². The number of ether oxygens (including phenoxy) is 1. The number of alkyl halides is 3. The van der Waals surface area contributed by atoms with Gasteiger partial charge < -0.3 is 10.1 Å². The topological polar surface area (TPSA) is 87.7 Å². The zero-order chi connectivity index (χ0) is 23.2. The predicted octanol–water partition coefficient (Wildman–Crippen LogP) is 2.33. The number of rotatable bonds is 8. The number of hydrogen-bond acceptors (Lipinski definition) is 5. The molecule has 1 aliphatic rings. The monoisotopic (exact) mass is 471 g/mol. The number of morpholine rings is 1. The van der Waals surface area contributed by atoms with Crippen LogP contribution in [-0.2, 0) is 14.8 Å². The predicted molar refractivity (Wildman–Crippen MR) is 112 cm³/mol. The highest BCUT2D eigenvalue weighted by atomic mass is 32.2. The highest BCUT2D eigenvalue weighted by Crippen LogP contribution is 2.21. The second-order valence-corrected chi connectivity index (χ2v) is 9.02. The summed E-state index contributed by atoms with van der Waals surface area (Å²) in [6.45, 7) is 1.16. The lowest BCUT2D eigenvalue weighted by atomic mass is 10.0. The second-order valence-electron chi connectivity index (χ2n) is 7.25. The first-order chi connectivity index (χ1) is 15.2. The molecule has 0 aliphatic carbocycles. The van der Waals surface area contributed by atoms with Crippen LogP contribution >= 0.6 is 0 Å². The van der Waals surface area contributed by atoms with Crippen LogP contribution < -0.4 is 10.0 Å². The summed E-state index contributed by atoms with van der Waals surface area (Å²) in [6, 6.07) is 14.5. The molecule has 32 heavy (non-hydrogen) atoms. The molecule has 0 bridgehead atoms. The Balaban J connectivity index is 1.71. The summed E-state index contributed by atoms with van der Waals surface area (Å²) < 4.78 is 68.3. The van der Waals surface area contributed by atoms with Crippen molar-refractivity contribution in [2.45, 2.75) is 17.1 Å². The van der Waals surface area contributed by atoms with Crippen molar-refractivity contribution in [1.29, 1.82) is 0 Å². The molecule has 2 aromatic carbocycles. The highest BCUT2D eigenvalue weighted by Gasteiger charge is 2.30. The molecular formula is C21H24F3N3O4S. The summed E-state index contributed by atoms with van der Waals surface area (Å²) in [5.41, 5.74) is 1.05. The van der Waals surface area contributed by atoms with Gasteiger partial charge in [-0.2, -0.15) is 13.2 Å². The van der Waals surface area contributed by atoms with E-state index in [1.165, 1.54) is 16.9 Å². The molecule has 0 aromatic heterocycles. The Hall–Kier alpha value is -2.47. The minimum Gasteiger partial charge on any atom is -0.379 e. The molecule has 2 aromatic rings. The van der Waals surface area contributed by atoms with Crippen LogP contribution in [-0.4, -0.2) is 64.8 Å². The lowest BCUT2D eigenvalue weighted by Crippen LogP contribution is -2.43. The van der Waals surface area contributed by atoms with Gasteiger partial charge in [-0.15, -0.1) is 0 Å². The fraction of sp³-hybridized carbons (Fsp3) is 0.381. The minimum atomic E-state index is -4.69. The van der Waals surface area contributed by atoms with Gasteiger partial charge in [-0.1, -0.05) is 36.4 Å². The normalized spacial score (nSPS) is 16.5. The van der Waals surface area contributed by atoms with Crippen molar-refractivity contribution in [3.63, 3.8) is 0 Å². The second kappa shape index (κ2) is 10.4. The maximum Gasteiger partial charge on any atom is 0.402 e. The van der Waals surface area contributed by atoms with Crippen LogP contribution in [0.2, 0.25) is 0 Å². The summed E-state index contributed by atoms with van der Waals surface area (Å²) >= 11 is 0. The van der Waals surface area contributed by atoms with Crippen LogP contribution in [0.1, 0.15) is 22.0 Å². The first-order valence-electron chi connectivity index (χ1n) is 9.97. The van der Waals surface area contributed by atoms with Crippen LogP contribution in [0.4, 0.5) is 13.2 Å². The molecule has 1 heterocycles. The van der Waals surface area contributed by atoms with Crippen molar-refractivity contribution in [1.82, 2.24) is 14.9 Å². The van der Waals surface area contributed by atoms with Crippen LogP contribution in [0.25, 0.3) is 0 Å². The number of amides is 1. The zero-order valence-electron chi connectivity index (χ0n) is 17.1. The van der Waals surface area contributed by atoms with Crippen molar-refractivity contribution in [2.75, 3.05) is 39.4 Å². The van der Waals surface area contributed by atoms with Gasteiger partial charge in [-0.25, -0.2) is 13.1 Å². The fourth-order valence-corrected chi connectivity index (χ4v) is 4.44. The van der Waals surface area contributed by atoms with Gasteiger partial charge in [0.25, 0.3) is 5.91 Å². The SMILES string of the molecule is O=C(NCC(c1ccccc1)N1CCOCC1)c1cccc(S(=O)(=O)NCC(F)(F)F)c1. The molecule has 3 rings (SSSR count). The van der Waals surface area contributed by atoms with E-state index in [1.807, 2.05) is 30.3 Å². The molecule has 2 N–H and O–H groups in total. The number of benzene rings is 2. The molecule has 1 fully saturated rings. The largest absolute Gasteiger partial charge is 0.402 e. The third kappa shape index (κ3) is 6.76. The Labute approximate surface area is 184 Å². The van der Waals surface area contributed by atoms with Crippen LogP contribution in [0.3, 0.4) is 0 Å². The molecule has 1 unspecified atom stereocenters. The molecular weight excluding hydrogens is 447 g/mol. The summed E-state index contributed by atoms with van der Waals surface area (Å²) in [5, 5.41) is 2.81. The molecule has 1 aliphatic heterocycles. The molecule has 1 atom stereocenters. The van der Waals surface area contributed by atoms with E-state index in [2.05, 4.69) is 10.2 Å². The van der Waals surface area contributed by atoms with E-state index in [0.717, 1.165) is 17.7 Å². The minimum absolute atomic E-state index is 0.0358. The van der Waals surface area contributed by atoms with Gasteiger partial charge in [0.1, 0.15) is 6.54 Å². The molecule has 0 spiro atoms. The van der Waals surface area contributed by atoms with Crippen molar-refractivity contribution in [2.24, 2.45) is 0 Å². The van der Waals surface area contributed by atoms with Gasteiger partial charge in [-0.05, 0) is 23.8 Å². The Kier molecular flexibility index (Phi) is 7.88. The van der Waals surface area contributed by atoms with E-state index in [1.54, 1.807) is 0 Å². The van der Waals surface area contributed by atoms with E-state index in [0.29, 0.717) is 26.3 Å². The molecule has 0 radical (unpaired) electrons. The van der Waals surface area contributed by atoms with E-state index in [-0.39, 0.29) is 18.2 Å². The Morgan fingerprint density at radius 1 is 1.06 bits per heavy atom. The molecule has 0 saturated carbocycles. The number of carbonyl (C=O) groups excluding carboxylic acids is 1. The number of hydrogen-bond donors (Lipinski definition) is 2. The van der Waals surface area contributed by atoms with E-state index >= 15 is 0 Å². The molecule has 7 nitrogen and oxygen atoms in total. The van der Waals surface area contributed by atoms with E-state index < -0.39 is 33.5 Å². The van der Waals surface area contributed by atoms with Crippen molar-refractivity contribution >= 4 is 15.9 Å². The van der Waals surface area contributed by atoms with E-state index in [9.17, 15) is 26.4 Å². The molecule has 1 amide bonds. The maximum atomic E-state index is 12.7. The van der Waals surface area contributed by atoms with Crippen LogP contribution in [0.15, 0.2) is 59.5 Å². The average molecular weight is 472 g/mol. The van der Waals surface area contributed by atoms with Crippen molar-refractivity contribution in [3.8, 4) is 0 Å². The number of carbonyl (C=O) groups is 1. The van der Waals surface area contributed by atoms with Crippen LogP contribution in [0, 0.1) is 0 Å². The molecule has 174 valence electrons. The van der Waals surface area contributed by atoms with Gasteiger partial charge in [0.05, 0.1) is 24.2 Å². The summed E-state index contributed by atoms with van der Waals surface area (Å²) in [4.78, 5) is 14.5. The van der Waals surface area contributed by atoms with Gasteiger partial charge in [0.2, 0.25) is 10.0 Å². The average Bonchev–Trinajstić information content (AvgIpc) is 2.79. The zero-order valence-corrected chi connectivity index (χ0v) is 18.0. The van der Waals surface area contributed by atoms with Crippen LogP contribution in [0.5, 0.6) is 0 Å². The Morgan fingerprint density at radius 3 is 2.41 bits per heavy atom. The molecule has 1 saturated heterocycles. The summed E-state index contributed by atoms with van der Waals surface area (Å²) in [5.74, 6) is -0.521. The number of nitrogens with zero attached hydrogens (tertiary/aromatic N) is 1. The highest BCUT2D eigenvalue weighted by molar-refractivity contribution is 7.89. The van der Waals surface area contributed by atoms with Gasteiger partial charge in [-0.3, -0.25) is 9.69 Å². The molecule has 11 heteroatoms. The Morgan fingerprint density at radius 2 is 1.75 bits per heavy atom. The summed E-state index contributed by atoms with van der Waals surface area (Å²) in [6.07, 6.45) is -4.69. The lowest BCUT2D eigenvalue weighted by molar-refractivity contribution is -0.121. The Bertz CT molecular complexity index is 1010. The number of nitrogens with one attached hydrogen (secondary N) is 2. The first kappa shape index (κ1) is 24.2. The standard InChI is InChI=1S/C21H24F3N3O4S/c22-21(23,24)15-26-32(29,30)18-8-4-7-17(13-18)20(28)25-14-19(16-5-2-1-3-6-16)27-9-11-31-12-10-27/h1-8,13,19,26H,9-12,14-15H2,(H,25,28). The number of halogens is 3. The smallest absolute Gasteiger partial charge is 0.379 e. The third-order valence-corrected chi connectivity index (χ3v) is 6.39. The summed E-state index contributed by atoms with van der Waals surface area (Å²) in [7, 11) is -4.41. The van der Waals surface area contributed by atoms with Crippen molar-refractivity contribution < 1.29 is 31.1 Å². The van der Waals surface area contributed by atoms with Gasteiger partial charge >= 0.3 is 6.18 Å². The third-order valence-electron chi connectivity index (χ3n) is 5.00. The number of sulfonamides is 1. The van der Waals surface area contributed by atoms with E-state index in [4.69, 9.17) is 4.74 Å². The lowest BCUT2D eigenvalue weighted by Gasteiger charge is -2.35. The quantitative estimate of drug-likeness (QED) is 0.617. The first-order valence-corrected chi connectivity index (χ1v) is 11.5. The van der Waals surface area contributed by atoms with Gasteiger partial charge in [0, 0.05) is 25.2 Å².